The Balaban J connectivity index is 0.000000531. The van der Waals surface area contributed by atoms with E-state index in [0.717, 1.165) is 11.4 Å². The van der Waals surface area contributed by atoms with E-state index in [4.69, 9.17) is 0 Å². The van der Waals surface area contributed by atoms with E-state index in [1.807, 2.05) is 20.8 Å². The van der Waals surface area contributed by atoms with Crippen LogP contribution in [0.15, 0.2) is 12.1 Å². The number of nitrogens with zero attached hydrogens (tertiary/aromatic N) is 2. The predicted molar refractivity (Wildman–Crippen MR) is 66.3 cm³/mol. The number of fused-ring (bicyclic) bond motifs is 1. The molecule has 0 spiro atoms. The van der Waals surface area contributed by atoms with E-state index in [1.165, 1.54) is 16.6 Å². The monoisotopic (exact) mass is 204 g/mol. The second-order valence-corrected chi connectivity index (χ2v) is 3.63. The molecule has 2 rings (SSSR count). The molecule has 2 heterocycles. The van der Waals surface area contributed by atoms with Gasteiger partial charge in [0.25, 0.3) is 0 Å². The van der Waals surface area contributed by atoms with Gasteiger partial charge in [-0.1, -0.05) is 13.8 Å². The van der Waals surface area contributed by atoms with Crippen molar-refractivity contribution in [2.75, 3.05) is 0 Å². The number of pyridine rings is 1. The van der Waals surface area contributed by atoms with E-state index in [-0.39, 0.29) is 0 Å². The molecule has 82 valence electrons. The normalized spacial score (nSPS) is 10.0. The van der Waals surface area contributed by atoms with E-state index in [2.05, 4.69) is 42.6 Å². The Kier molecular flexibility index (Phi) is 3.51. The predicted octanol–water partition coefficient (Wildman–Crippen LogP) is 3.52. The summed E-state index contributed by atoms with van der Waals surface area (Å²) in [5.74, 6) is 0. The summed E-state index contributed by atoms with van der Waals surface area (Å²) < 4.78 is 2.19. The van der Waals surface area contributed by atoms with Crippen LogP contribution in [-0.4, -0.2) is 9.55 Å². The molecule has 0 aromatic carbocycles. The number of hydrogen-bond acceptors (Lipinski definition) is 1. The molecule has 0 aliphatic carbocycles. The molecular weight excluding hydrogens is 184 g/mol. The van der Waals surface area contributed by atoms with Crippen LogP contribution in [0.5, 0.6) is 0 Å². The molecule has 0 radical (unpaired) electrons. The average molecular weight is 204 g/mol. The minimum Gasteiger partial charge on any atom is -0.346 e. The van der Waals surface area contributed by atoms with E-state index >= 15 is 0 Å². The van der Waals surface area contributed by atoms with E-state index < -0.39 is 0 Å². The van der Waals surface area contributed by atoms with Gasteiger partial charge in [-0.05, 0) is 32.9 Å². The summed E-state index contributed by atoms with van der Waals surface area (Å²) in [6, 6.07) is 4.34. The maximum Gasteiger partial charge on any atom is 0.0696 e. The Bertz CT molecular complexity index is 467. The van der Waals surface area contributed by atoms with Crippen molar-refractivity contribution < 1.29 is 0 Å². The summed E-state index contributed by atoms with van der Waals surface area (Å²) in [7, 11) is 2.08. The van der Waals surface area contributed by atoms with Gasteiger partial charge in [0.1, 0.15) is 0 Å². The summed E-state index contributed by atoms with van der Waals surface area (Å²) >= 11 is 0. The van der Waals surface area contributed by atoms with Crippen LogP contribution in [0.4, 0.5) is 0 Å². The van der Waals surface area contributed by atoms with Gasteiger partial charge in [0.2, 0.25) is 0 Å². The van der Waals surface area contributed by atoms with Crippen molar-refractivity contribution in [1.29, 1.82) is 0 Å². The van der Waals surface area contributed by atoms with Gasteiger partial charge in [-0.2, -0.15) is 0 Å². The van der Waals surface area contributed by atoms with Crippen molar-refractivity contribution in [3.63, 3.8) is 0 Å². The second kappa shape index (κ2) is 4.47. The maximum atomic E-state index is 4.46. The molecule has 0 aliphatic heterocycles. The quantitative estimate of drug-likeness (QED) is 0.642. The molecule has 0 saturated heterocycles. The fourth-order valence-corrected chi connectivity index (χ4v) is 1.90. The molecule has 0 atom stereocenters. The molecule has 2 nitrogen and oxygen atoms in total. The van der Waals surface area contributed by atoms with Gasteiger partial charge < -0.3 is 4.57 Å². The zero-order valence-electron chi connectivity index (χ0n) is 10.5. The highest BCUT2D eigenvalue weighted by atomic mass is 15.0. The molecule has 0 unspecified atom stereocenters. The molecular formula is C13H20N2. The van der Waals surface area contributed by atoms with Gasteiger partial charge in [0, 0.05) is 23.8 Å². The fourth-order valence-electron chi connectivity index (χ4n) is 1.90. The highest BCUT2D eigenvalue weighted by Gasteiger charge is 2.05. The summed E-state index contributed by atoms with van der Waals surface area (Å²) in [4.78, 5) is 4.46. The smallest absolute Gasteiger partial charge is 0.0696 e. The molecule has 15 heavy (non-hydrogen) atoms. The third kappa shape index (κ3) is 2.04. The zero-order chi connectivity index (χ0) is 11.6. The minimum atomic E-state index is 1.09. The molecule has 0 aliphatic rings. The summed E-state index contributed by atoms with van der Waals surface area (Å²) in [6.45, 7) is 10.2. The van der Waals surface area contributed by atoms with Crippen molar-refractivity contribution in [2.45, 2.75) is 34.6 Å². The van der Waals surface area contributed by atoms with Crippen LogP contribution in [0.25, 0.3) is 10.9 Å². The number of aryl methyl sites for hydroxylation is 4. The first-order valence-corrected chi connectivity index (χ1v) is 5.50. The Hall–Kier alpha value is -1.31. The Morgan fingerprint density at radius 3 is 2.27 bits per heavy atom. The van der Waals surface area contributed by atoms with E-state index in [0.29, 0.717) is 0 Å². The lowest BCUT2D eigenvalue weighted by atomic mass is 10.2. The average Bonchev–Trinajstić information content (AvgIpc) is 2.45. The highest BCUT2D eigenvalue weighted by molar-refractivity contribution is 5.83. The fraction of sp³-hybridized carbons (Fsp3) is 0.462. The minimum absolute atomic E-state index is 1.09. The molecule has 2 heteroatoms. The van der Waals surface area contributed by atoms with Crippen LogP contribution < -0.4 is 0 Å². The van der Waals surface area contributed by atoms with Gasteiger partial charge in [-0.25, -0.2) is 0 Å². The summed E-state index contributed by atoms with van der Waals surface area (Å²) in [5.41, 5.74) is 4.75. The third-order valence-corrected chi connectivity index (χ3v) is 2.55. The van der Waals surface area contributed by atoms with Crippen LogP contribution >= 0.6 is 0 Å². The molecule has 2 aromatic heterocycles. The van der Waals surface area contributed by atoms with Crippen LogP contribution in [0.1, 0.15) is 30.9 Å². The topological polar surface area (TPSA) is 17.8 Å². The van der Waals surface area contributed by atoms with Gasteiger partial charge >= 0.3 is 0 Å². The Morgan fingerprint density at radius 1 is 1.07 bits per heavy atom. The summed E-state index contributed by atoms with van der Waals surface area (Å²) in [6.07, 6.45) is 0. The largest absolute Gasteiger partial charge is 0.346 e. The van der Waals surface area contributed by atoms with Crippen LogP contribution in [0, 0.1) is 20.8 Å². The number of aromatic nitrogens is 2. The van der Waals surface area contributed by atoms with Crippen molar-refractivity contribution >= 4 is 10.9 Å². The van der Waals surface area contributed by atoms with Crippen molar-refractivity contribution in [3.05, 3.63) is 29.2 Å². The third-order valence-electron chi connectivity index (χ3n) is 2.55. The lowest BCUT2D eigenvalue weighted by Gasteiger charge is -2.02. The SMILES string of the molecule is CC.Cc1cc2cc(C)n(C)c2c(C)n1. The first-order chi connectivity index (χ1) is 7.09. The second-order valence-electron chi connectivity index (χ2n) is 3.63. The zero-order valence-corrected chi connectivity index (χ0v) is 10.5. The molecule has 0 amide bonds. The Morgan fingerprint density at radius 2 is 1.67 bits per heavy atom. The summed E-state index contributed by atoms with van der Waals surface area (Å²) in [5, 5.41) is 1.30. The lowest BCUT2D eigenvalue weighted by Crippen LogP contribution is -1.94. The lowest BCUT2D eigenvalue weighted by molar-refractivity contribution is 0.907. The molecule has 0 N–H and O–H groups in total. The van der Waals surface area contributed by atoms with Crippen molar-refractivity contribution in [2.24, 2.45) is 7.05 Å². The van der Waals surface area contributed by atoms with Crippen molar-refractivity contribution in [3.8, 4) is 0 Å². The van der Waals surface area contributed by atoms with E-state index in [9.17, 15) is 0 Å². The molecule has 0 fully saturated rings. The van der Waals surface area contributed by atoms with Gasteiger partial charge in [-0.15, -0.1) is 0 Å². The van der Waals surface area contributed by atoms with Crippen LogP contribution in [0.2, 0.25) is 0 Å². The Labute approximate surface area is 91.9 Å². The molecule has 2 aromatic rings. The van der Waals surface area contributed by atoms with Crippen LogP contribution in [0.3, 0.4) is 0 Å². The number of hydrogen-bond donors (Lipinski definition) is 0. The molecule has 0 bridgehead atoms. The van der Waals surface area contributed by atoms with Crippen LogP contribution in [-0.2, 0) is 7.05 Å². The van der Waals surface area contributed by atoms with Gasteiger partial charge in [-0.3, -0.25) is 4.98 Å². The number of rotatable bonds is 0. The first-order valence-electron chi connectivity index (χ1n) is 5.50. The first kappa shape index (κ1) is 11.8. The maximum absolute atomic E-state index is 4.46. The van der Waals surface area contributed by atoms with Gasteiger partial charge in [0.15, 0.2) is 0 Å². The molecule has 0 saturated carbocycles. The standard InChI is InChI=1S/C11H14N2.C2H6/c1-7-5-10-6-8(2)13(4)11(10)9(3)12-7;1-2/h5-6H,1-4H3;1-2H3. The van der Waals surface area contributed by atoms with Crippen molar-refractivity contribution in [1.82, 2.24) is 9.55 Å². The van der Waals surface area contributed by atoms with E-state index in [1.54, 1.807) is 0 Å². The van der Waals surface area contributed by atoms with Gasteiger partial charge in [0.05, 0.1) is 11.2 Å². The highest BCUT2D eigenvalue weighted by Crippen LogP contribution is 2.21.